The van der Waals surface area contributed by atoms with E-state index in [1.165, 1.54) is 43.4 Å². The van der Waals surface area contributed by atoms with Crippen molar-refractivity contribution in [3.8, 4) is 5.75 Å². The van der Waals surface area contributed by atoms with Crippen molar-refractivity contribution in [3.05, 3.63) is 59.9 Å². The second-order valence-corrected chi connectivity index (χ2v) is 6.36. The molecular weight excluding hydrogens is 284 g/mol. The third-order valence-electron chi connectivity index (χ3n) is 4.81. The molecule has 1 atom stereocenters. The van der Waals surface area contributed by atoms with Crippen LogP contribution < -0.4 is 10.1 Å². The van der Waals surface area contributed by atoms with Gasteiger partial charge in [0.15, 0.2) is 0 Å². The molecule has 1 unspecified atom stereocenters. The van der Waals surface area contributed by atoms with E-state index in [1.54, 1.807) is 7.11 Å². The van der Waals surface area contributed by atoms with Crippen molar-refractivity contribution in [1.82, 2.24) is 10.3 Å². The molecule has 1 aromatic carbocycles. The Balaban J connectivity index is 1.70. The molecule has 1 aliphatic carbocycles. The lowest BCUT2D eigenvalue weighted by Crippen LogP contribution is -2.30. The number of hydrogen-bond acceptors (Lipinski definition) is 3. The number of rotatable bonds is 6. The molecule has 1 N–H and O–H groups in total. The standard InChI is InChI=1S/C20H26N2O/c1-23-18-12-10-16(11-13-18)15-22-20(17-7-3-2-4-8-17)19-9-5-6-14-21-19/h5-6,9-14,17,20,22H,2-4,7-8,15H2,1H3. The molecule has 1 aliphatic rings. The van der Waals surface area contributed by atoms with Gasteiger partial charge in [-0.2, -0.15) is 0 Å². The number of ether oxygens (including phenoxy) is 1. The first-order valence-corrected chi connectivity index (χ1v) is 8.64. The van der Waals surface area contributed by atoms with Crippen molar-refractivity contribution < 1.29 is 4.74 Å². The Morgan fingerprint density at radius 1 is 1.09 bits per heavy atom. The van der Waals surface area contributed by atoms with Crippen LogP contribution >= 0.6 is 0 Å². The molecule has 0 amide bonds. The third-order valence-corrected chi connectivity index (χ3v) is 4.81. The molecule has 0 spiro atoms. The van der Waals surface area contributed by atoms with Crippen molar-refractivity contribution in [1.29, 1.82) is 0 Å². The van der Waals surface area contributed by atoms with Crippen LogP contribution in [-0.2, 0) is 6.54 Å². The predicted molar refractivity (Wildman–Crippen MR) is 93.4 cm³/mol. The van der Waals surface area contributed by atoms with Gasteiger partial charge in [0, 0.05) is 12.7 Å². The quantitative estimate of drug-likeness (QED) is 0.853. The fraction of sp³-hybridized carbons (Fsp3) is 0.450. The Bertz CT molecular complexity index is 576. The van der Waals surface area contributed by atoms with Crippen LogP contribution in [0.25, 0.3) is 0 Å². The zero-order valence-corrected chi connectivity index (χ0v) is 13.9. The largest absolute Gasteiger partial charge is 0.497 e. The van der Waals surface area contributed by atoms with Crippen molar-refractivity contribution in [2.75, 3.05) is 7.11 Å². The first-order valence-electron chi connectivity index (χ1n) is 8.64. The van der Waals surface area contributed by atoms with Gasteiger partial charge in [0.05, 0.1) is 18.8 Å². The highest BCUT2D eigenvalue weighted by atomic mass is 16.5. The van der Waals surface area contributed by atoms with Crippen molar-refractivity contribution in [3.63, 3.8) is 0 Å². The van der Waals surface area contributed by atoms with E-state index in [9.17, 15) is 0 Å². The van der Waals surface area contributed by atoms with Crippen LogP contribution in [-0.4, -0.2) is 12.1 Å². The zero-order chi connectivity index (χ0) is 15.9. The smallest absolute Gasteiger partial charge is 0.118 e. The van der Waals surface area contributed by atoms with Gasteiger partial charge in [0.25, 0.3) is 0 Å². The van der Waals surface area contributed by atoms with E-state index in [2.05, 4.69) is 34.6 Å². The highest BCUT2D eigenvalue weighted by Crippen LogP contribution is 2.33. The SMILES string of the molecule is COc1ccc(CNC(c2ccccn2)C2CCCCC2)cc1. The second kappa shape index (κ2) is 8.11. The predicted octanol–water partition coefficient (Wildman–Crippen LogP) is 4.50. The Morgan fingerprint density at radius 2 is 1.87 bits per heavy atom. The average molecular weight is 310 g/mol. The summed E-state index contributed by atoms with van der Waals surface area (Å²) in [6, 6.07) is 14.9. The Morgan fingerprint density at radius 3 is 2.52 bits per heavy atom. The summed E-state index contributed by atoms with van der Waals surface area (Å²) in [5.74, 6) is 1.60. The van der Waals surface area contributed by atoms with Crippen LogP contribution in [0.4, 0.5) is 0 Å². The van der Waals surface area contributed by atoms with E-state index >= 15 is 0 Å². The van der Waals surface area contributed by atoms with E-state index in [1.807, 2.05) is 24.4 Å². The first kappa shape index (κ1) is 16.0. The lowest BCUT2D eigenvalue weighted by atomic mass is 9.82. The molecule has 23 heavy (non-hydrogen) atoms. The summed E-state index contributed by atoms with van der Waals surface area (Å²) in [4.78, 5) is 4.61. The van der Waals surface area contributed by atoms with Gasteiger partial charge in [-0.05, 0) is 48.6 Å². The molecule has 1 heterocycles. The minimum absolute atomic E-state index is 0.346. The van der Waals surface area contributed by atoms with Gasteiger partial charge in [0.1, 0.15) is 5.75 Å². The lowest BCUT2D eigenvalue weighted by molar-refractivity contribution is 0.266. The number of pyridine rings is 1. The fourth-order valence-electron chi connectivity index (χ4n) is 3.51. The van der Waals surface area contributed by atoms with Gasteiger partial charge in [-0.25, -0.2) is 0 Å². The van der Waals surface area contributed by atoms with Gasteiger partial charge in [0.2, 0.25) is 0 Å². The van der Waals surface area contributed by atoms with E-state index in [4.69, 9.17) is 4.74 Å². The van der Waals surface area contributed by atoms with E-state index in [-0.39, 0.29) is 0 Å². The van der Waals surface area contributed by atoms with E-state index in [0.717, 1.165) is 12.3 Å². The third kappa shape index (κ3) is 4.32. The van der Waals surface area contributed by atoms with Crippen molar-refractivity contribution in [2.45, 2.75) is 44.7 Å². The van der Waals surface area contributed by atoms with Gasteiger partial charge in [-0.3, -0.25) is 4.98 Å². The van der Waals surface area contributed by atoms with Crippen LogP contribution in [0.2, 0.25) is 0 Å². The summed E-state index contributed by atoms with van der Waals surface area (Å²) in [6.45, 7) is 0.863. The Kier molecular flexibility index (Phi) is 5.65. The zero-order valence-electron chi connectivity index (χ0n) is 13.9. The van der Waals surface area contributed by atoms with Gasteiger partial charge in [-0.15, -0.1) is 0 Å². The highest BCUT2D eigenvalue weighted by Gasteiger charge is 2.25. The molecule has 3 rings (SSSR count). The molecule has 1 saturated carbocycles. The number of nitrogens with one attached hydrogen (secondary N) is 1. The van der Waals surface area contributed by atoms with Crippen LogP contribution in [0.3, 0.4) is 0 Å². The summed E-state index contributed by atoms with van der Waals surface area (Å²) >= 11 is 0. The highest BCUT2D eigenvalue weighted by molar-refractivity contribution is 5.27. The summed E-state index contributed by atoms with van der Waals surface area (Å²) in [7, 11) is 1.70. The van der Waals surface area contributed by atoms with Crippen LogP contribution in [0, 0.1) is 5.92 Å². The molecule has 0 bridgehead atoms. The minimum Gasteiger partial charge on any atom is -0.497 e. The maximum Gasteiger partial charge on any atom is 0.118 e. The molecule has 122 valence electrons. The second-order valence-electron chi connectivity index (χ2n) is 6.36. The average Bonchev–Trinajstić information content (AvgIpc) is 2.64. The lowest BCUT2D eigenvalue weighted by Gasteiger charge is -2.31. The molecule has 1 aromatic heterocycles. The van der Waals surface area contributed by atoms with Gasteiger partial charge < -0.3 is 10.1 Å². The van der Waals surface area contributed by atoms with Crippen LogP contribution in [0.5, 0.6) is 5.75 Å². The van der Waals surface area contributed by atoms with E-state index in [0.29, 0.717) is 12.0 Å². The maximum atomic E-state index is 5.23. The summed E-state index contributed by atoms with van der Waals surface area (Å²) in [5.41, 5.74) is 2.45. The molecule has 0 radical (unpaired) electrons. The Labute approximate surface area is 139 Å². The molecule has 3 heteroatoms. The van der Waals surface area contributed by atoms with Gasteiger partial charge >= 0.3 is 0 Å². The monoisotopic (exact) mass is 310 g/mol. The van der Waals surface area contributed by atoms with Crippen molar-refractivity contribution in [2.24, 2.45) is 5.92 Å². The van der Waals surface area contributed by atoms with Crippen LogP contribution in [0.15, 0.2) is 48.7 Å². The molecule has 2 aromatic rings. The van der Waals surface area contributed by atoms with Gasteiger partial charge in [-0.1, -0.05) is 37.5 Å². The van der Waals surface area contributed by atoms with Crippen LogP contribution in [0.1, 0.15) is 49.4 Å². The molecule has 0 aliphatic heterocycles. The number of aromatic nitrogens is 1. The molecule has 0 saturated heterocycles. The topological polar surface area (TPSA) is 34.1 Å². The summed E-state index contributed by atoms with van der Waals surface area (Å²) < 4.78 is 5.23. The van der Waals surface area contributed by atoms with Crippen molar-refractivity contribution >= 4 is 0 Å². The number of methoxy groups -OCH3 is 1. The summed E-state index contributed by atoms with van der Waals surface area (Å²) in [5, 5.41) is 3.76. The van der Waals surface area contributed by atoms with E-state index < -0.39 is 0 Å². The number of nitrogens with zero attached hydrogens (tertiary/aromatic N) is 1. The summed E-state index contributed by atoms with van der Waals surface area (Å²) in [6.07, 6.45) is 8.58. The first-order chi connectivity index (χ1) is 11.4. The fourth-order valence-corrected chi connectivity index (χ4v) is 3.51. The Hall–Kier alpha value is -1.87. The maximum absolute atomic E-state index is 5.23. The number of hydrogen-bond donors (Lipinski definition) is 1. The minimum atomic E-state index is 0.346. The molecule has 1 fully saturated rings. The normalized spacial score (nSPS) is 16.9. The number of benzene rings is 1. The molecular formula is C20H26N2O. The molecule has 3 nitrogen and oxygen atoms in total.